The van der Waals surface area contributed by atoms with Gasteiger partial charge in [-0.15, -0.1) is 12.3 Å². The number of pyridine rings is 1. The minimum atomic E-state index is -0.957. The normalized spacial score (nSPS) is 20.1. The predicted octanol–water partition coefficient (Wildman–Crippen LogP) is 2.85. The maximum atomic E-state index is 13.1. The molecule has 1 saturated heterocycles. The van der Waals surface area contributed by atoms with Crippen molar-refractivity contribution in [3.05, 3.63) is 102 Å². The van der Waals surface area contributed by atoms with Crippen LogP contribution >= 0.6 is 0 Å². The van der Waals surface area contributed by atoms with E-state index < -0.39 is 42.4 Å². The first-order valence-electron chi connectivity index (χ1n) is 12.5. The number of nitrogens with two attached hydrogens (primary N) is 1. The average molecular weight is 530 g/mol. The van der Waals surface area contributed by atoms with Gasteiger partial charge in [-0.2, -0.15) is 4.57 Å². The highest BCUT2D eigenvalue weighted by atomic mass is 16.6. The van der Waals surface area contributed by atoms with Gasteiger partial charge >= 0.3 is 11.9 Å². The molecule has 9 nitrogen and oxygen atoms in total. The van der Waals surface area contributed by atoms with Crippen LogP contribution in [0.4, 0.5) is 0 Å². The highest BCUT2D eigenvalue weighted by Gasteiger charge is 2.53. The molecule has 2 aromatic carbocycles. The van der Waals surface area contributed by atoms with Crippen molar-refractivity contribution in [1.29, 1.82) is 0 Å². The summed E-state index contributed by atoms with van der Waals surface area (Å²) in [7, 11) is 0. The van der Waals surface area contributed by atoms with Crippen molar-refractivity contribution in [1.82, 2.24) is 0 Å². The summed E-state index contributed by atoms with van der Waals surface area (Å²) < 4.78 is 25.5. The van der Waals surface area contributed by atoms with Gasteiger partial charge in [0.15, 0.2) is 24.6 Å². The molecular formula is C30H29N2O7+. The smallest absolute Gasteiger partial charge is 0.338 e. The third-order valence-corrected chi connectivity index (χ3v) is 6.10. The highest BCUT2D eigenvalue weighted by Crippen LogP contribution is 2.32. The summed E-state index contributed by atoms with van der Waals surface area (Å²) in [6, 6.07) is 20.2. The quantitative estimate of drug-likeness (QED) is 0.176. The van der Waals surface area contributed by atoms with Crippen LogP contribution in [0, 0.1) is 12.3 Å². The molecule has 39 heavy (non-hydrogen) atoms. The van der Waals surface area contributed by atoms with E-state index in [0.717, 1.165) is 0 Å². The molecule has 4 rings (SSSR count). The van der Waals surface area contributed by atoms with E-state index in [2.05, 4.69) is 5.92 Å². The molecule has 0 saturated carbocycles. The van der Waals surface area contributed by atoms with Gasteiger partial charge in [0.05, 0.1) is 11.1 Å². The van der Waals surface area contributed by atoms with Crippen LogP contribution in [0.5, 0.6) is 0 Å². The molecule has 0 unspecified atom stereocenters. The van der Waals surface area contributed by atoms with Crippen LogP contribution < -0.4 is 10.3 Å². The molecule has 1 aliphatic heterocycles. The monoisotopic (exact) mass is 529 g/mol. The van der Waals surface area contributed by atoms with Gasteiger partial charge in [-0.25, -0.2) is 9.59 Å². The highest BCUT2D eigenvalue weighted by molar-refractivity contribution is 5.92. The first-order valence-corrected chi connectivity index (χ1v) is 12.5. The van der Waals surface area contributed by atoms with Gasteiger partial charge in [-0.1, -0.05) is 36.4 Å². The van der Waals surface area contributed by atoms with Crippen molar-refractivity contribution in [2.45, 2.75) is 37.4 Å². The summed E-state index contributed by atoms with van der Waals surface area (Å²) in [4.78, 5) is 37.6. The predicted molar refractivity (Wildman–Crippen MR) is 139 cm³/mol. The summed E-state index contributed by atoms with van der Waals surface area (Å²) in [5.74, 6) is 0.815. The zero-order valence-electron chi connectivity index (χ0n) is 21.2. The van der Waals surface area contributed by atoms with E-state index in [1.165, 1.54) is 6.20 Å². The number of esters is 2. The number of hydrogen-bond acceptors (Lipinski definition) is 7. The zero-order valence-corrected chi connectivity index (χ0v) is 21.2. The second-order valence-electron chi connectivity index (χ2n) is 8.81. The van der Waals surface area contributed by atoms with Gasteiger partial charge in [0.1, 0.15) is 18.3 Å². The van der Waals surface area contributed by atoms with Crippen molar-refractivity contribution in [2.75, 3.05) is 13.2 Å². The molecule has 0 bridgehead atoms. The van der Waals surface area contributed by atoms with Crippen LogP contribution in [0.25, 0.3) is 0 Å². The lowest BCUT2D eigenvalue weighted by Gasteiger charge is -2.23. The summed E-state index contributed by atoms with van der Waals surface area (Å²) in [5.41, 5.74) is 6.45. The Morgan fingerprint density at radius 1 is 0.897 bits per heavy atom. The SMILES string of the molecule is C#CCCCO[C@@H]1[C@H](OC(=O)c2ccccc2)[C@@H](COC(=O)c2ccccc2)O[C@H]1[n+]1cccc(C(N)=O)c1. The van der Waals surface area contributed by atoms with Crippen molar-refractivity contribution in [3.63, 3.8) is 0 Å². The number of rotatable bonds is 11. The number of unbranched alkanes of at least 4 members (excludes halogenated alkanes) is 1. The number of amides is 1. The maximum Gasteiger partial charge on any atom is 0.338 e. The third kappa shape index (κ3) is 7.08. The molecule has 200 valence electrons. The Labute approximate surface area is 226 Å². The largest absolute Gasteiger partial charge is 0.459 e. The Morgan fingerprint density at radius 2 is 1.54 bits per heavy atom. The lowest BCUT2D eigenvalue weighted by molar-refractivity contribution is -0.766. The van der Waals surface area contributed by atoms with E-state index in [9.17, 15) is 14.4 Å². The van der Waals surface area contributed by atoms with Crippen LogP contribution in [0.3, 0.4) is 0 Å². The minimum absolute atomic E-state index is 0.211. The summed E-state index contributed by atoms with van der Waals surface area (Å²) in [6.07, 6.45) is 6.18. The summed E-state index contributed by atoms with van der Waals surface area (Å²) >= 11 is 0. The fourth-order valence-corrected chi connectivity index (χ4v) is 4.17. The Balaban J connectivity index is 1.63. The Hall–Kier alpha value is -4.52. The first-order chi connectivity index (χ1) is 19.0. The number of hydrogen-bond donors (Lipinski definition) is 1. The molecule has 3 aromatic rings. The van der Waals surface area contributed by atoms with Crippen LogP contribution in [-0.2, 0) is 18.9 Å². The fourth-order valence-electron chi connectivity index (χ4n) is 4.17. The summed E-state index contributed by atoms with van der Waals surface area (Å²) in [6.45, 7) is 0.0535. The molecule has 1 amide bonds. The number of carbonyl (C=O) groups is 3. The van der Waals surface area contributed by atoms with Gasteiger partial charge in [0.25, 0.3) is 12.1 Å². The van der Waals surface area contributed by atoms with Gasteiger partial charge in [0.2, 0.25) is 0 Å². The molecule has 0 aliphatic carbocycles. The Bertz CT molecular complexity index is 1320. The van der Waals surface area contributed by atoms with Crippen molar-refractivity contribution < 1.29 is 37.9 Å². The van der Waals surface area contributed by atoms with Gasteiger partial charge in [0, 0.05) is 19.1 Å². The zero-order chi connectivity index (χ0) is 27.6. The van der Waals surface area contributed by atoms with Gasteiger partial charge < -0.3 is 24.7 Å². The van der Waals surface area contributed by atoms with Crippen LogP contribution in [0.15, 0.2) is 85.2 Å². The molecule has 4 atom stereocenters. The number of carbonyl (C=O) groups excluding carboxylic acids is 3. The fraction of sp³-hybridized carbons (Fsp3) is 0.267. The number of terminal acetylenes is 1. The van der Waals surface area contributed by atoms with E-state index in [0.29, 0.717) is 24.0 Å². The standard InChI is InChI=1S/C30H28N2O7/c1-2-3-10-18-36-26-25(39-30(35)22-14-8-5-9-15-22)24(20-37-29(34)21-12-6-4-7-13-21)38-28(26)32-17-11-16-23(19-32)27(31)33/h1,4-9,11-17,19,24-26,28H,3,10,18,20H2,(H-,31,33)/p+1/t24-,25-,26-,28-/m1/s1. The third-order valence-electron chi connectivity index (χ3n) is 6.10. The summed E-state index contributed by atoms with van der Waals surface area (Å²) in [5, 5.41) is 0. The first kappa shape index (κ1) is 27.5. The van der Waals surface area contributed by atoms with E-state index in [1.807, 2.05) is 0 Å². The number of ether oxygens (including phenoxy) is 4. The maximum absolute atomic E-state index is 13.1. The topological polar surface area (TPSA) is 118 Å². The number of aromatic nitrogens is 1. The number of primary amides is 1. The lowest BCUT2D eigenvalue weighted by atomic mass is 10.1. The van der Waals surface area contributed by atoms with Gasteiger partial charge in [-0.05, 0) is 36.8 Å². The molecule has 9 heteroatoms. The molecule has 1 fully saturated rings. The van der Waals surface area contributed by atoms with Crippen molar-refractivity contribution in [3.8, 4) is 12.3 Å². The second-order valence-corrected chi connectivity index (χ2v) is 8.81. The molecule has 2 heterocycles. The second kappa shape index (κ2) is 13.3. The van der Waals surface area contributed by atoms with Gasteiger partial charge in [-0.3, -0.25) is 4.79 Å². The van der Waals surface area contributed by atoms with Crippen molar-refractivity contribution >= 4 is 17.8 Å². The number of benzene rings is 2. The van der Waals surface area contributed by atoms with E-state index >= 15 is 0 Å². The van der Waals surface area contributed by atoms with E-state index in [1.54, 1.807) is 83.6 Å². The average Bonchev–Trinajstić information content (AvgIpc) is 3.31. The molecule has 1 aliphatic rings. The molecule has 0 radical (unpaired) electrons. The van der Waals surface area contributed by atoms with Crippen LogP contribution in [0.1, 0.15) is 50.1 Å². The lowest BCUT2D eigenvalue weighted by Crippen LogP contribution is -2.48. The molecule has 0 spiro atoms. The molecular weight excluding hydrogens is 500 g/mol. The number of nitrogens with zero attached hydrogens (tertiary/aromatic N) is 1. The van der Waals surface area contributed by atoms with E-state index in [-0.39, 0.29) is 18.8 Å². The Kier molecular flexibility index (Phi) is 9.40. The molecule has 1 aromatic heterocycles. The van der Waals surface area contributed by atoms with Crippen molar-refractivity contribution in [2.24, 2.45) is 5.73 Å². The van der Waals surface area contributed by atoms with Crippen LogP contribution in [-0.4, -0.2) is 49.4 Å². The Morgan fingerprint density at radius 3 is 2.18 bits per heavy atom. The van der Waals surface area contributed by atoms with Crippen LogP contribution in [0.2, 0.25) is 0 Å². The minimum Gasteiger partial charge on any atom is -0.459 e. The molecule has 2 N–H and O–H groups in total. The van der Waals surface area contributed by atoms with E-state index in [4.69, 9.17) is 31.1 Å².